The summed E-state index contributed by atoms with van der Waals surface area (Å²) in [4.78, 5) is 27.6. The highest BCUT2D eigenvalue weighted by atomic mass is 16.4. The number of nitrogens with zero attached hydrogens (tertiary/aromatic N) is 3. The number of carbonyl (C=O) groups is 1. The van der Waals surface area contributed by atoms with E-state index in [2.05, 4.69) is 4.98 Å². The van der Waals surface area contributed by atoms with Gasteiger partial charge < -0.3 is 14.6 Å². The standard InChI is InChI=1S/C9H11N3O3/c1-11-3-2-4-12-5-10-7(13)6(8(11)12)9(14)15/h5H,2-4H2,1H3,(H,14,15). The molecule has 1 aliphatic rings. The van der Waals surface area contributed by atoms with E-state index in [1.165, 1.54) is 6.33 Å². The predicted octanol–water partition coefficient (Wildman–Crippen LogP) is -0.219. The molecule has 15 heavy (non-hydrogen) atoms. The third-order valence-electron chi connectivity index (χ3n) is 2.49. The van der Waals surface area contributed by atoms with E-state index in [0.717, 1.165) is 13.0 Å². The molecule has 0 fully saturated rings. The van der Waals surface area contributed by atoms with Crippen molar-refractivity contribution < 1.29 is 9.90 Å². The second-order valence-electron chi connectivity index (χ2n) is 3.52. The lowest BCUT2D eigenvalue weighted by molar-refractivity contribution is 0.0694. The van der Waals surface area contributed by atoms with Crippen LogP contribution in [0.25, 0.3) is 0 Å². The van der Waals surface area contributed by atoms with Crippen LogP contribution in [0, 0.1) is 0 Å². The minimum absolute atomic E-state index is 0.236. The van der Waals surface area contributed by atoms with Crippen molar-refractivity contribution in [3.05, 3.63) is 22.2 Å². The summed E-state index contributed by atoms with van der Waals surface area (Å²) in [5.74, 6) is -0.764. The molecule has 1 N–H and O–H groups in total. The predicted molar refractivity (Wildman–Crippen MR) is 53.3 cm³/mol. The Morgan fingerprint density at radius 1 is 1.53 bits per heavy atom. The van der Waals surface area contributed by atoms with Crippen molar-refractivity contribution in [2.45, 2.75) is 13.0 Å². The van der Waals surface area contributed by atoms with Crippen molar-refractivity contribution in [2.24, 2.45) is 0 Å². The molecular weight excluding hydrogens is 198 g/mol. The van der Waals surface area contributed by atoms with E-state index >= 15 is 0 Å². The molecule has 1 aromatic rings. The number of carboxylic acid groups (broad SMARTS) is 1. The second-order valence-corrected chi connectivity index (χ2v) is 3.52. The fourth-order valence-corrected chi connectivity index (χ4v) is 1.83. The zero-order chi connectivity index (χ0) is 11.0. The van der Waals surface area contributed by atoms with Gasteiger partial charge in [0.05, 0.1) is 0 Å². The van der Waals surface area contributed by atoms with Gasteiger partial charge in [-0.3, -0.25) is 4.79 Å². The van der Waals surface area contributed by atoms with Gasteiger partial charge in [0.1, 0.15) is 12.1 Å². The average molecular weight is 209 g/mol. The van der Waals surface area contributed by atoms with Crippen LogP contribution in [-0.2, 0) is 6.54 Å². The molecule has 0 bridgehead atoms. The molecule has 2 heterocycles. The van der Waals surface area contributed by atoms with E-state index in [4.69, 9.17) is 5.11 Å². The third kappa shape index (κ3) is 1.47. The SMILES string of the molecule is CN1CCCn2cnc(=O)c(C(=O)O)c21. The lowest BCUT2D eigenvalue weighted by Gasteiger charge is -2.29. The maximum absolute atomic E-state index is 11.3. The molecule has 6 heteroatoms. The highest BCUT2D eigenvalue weighted by Crippen LogP contribution is 2.20. The summed E-state index contributed by atoms with van der Waals surface area (Å²) >= 11 is 0. The normalized spacial score (nSPS) is 14.9. The van der Waals surface area contributed by atoms with Crippen molar-refractivity contribution in [1.82, 2.24) is 9.55 Å². The van der Waals surface area contributed by atoms with Gasteiger partial charge in [-0.2, -0.15) is 4.98 Å². The summed E-state index contributed by atoms with van der Waals surface area (Å²) in [6.45, 7) is 1.46. The summed E-state index contributed by atoms with van der Waals surface area (Å²) in [5.41, 5.74) is -0.915. The van der Waals surface area contributed by atoms with Gasteiger partial charge in [-0.1, -0.05) is 0 Å². The molecular formula is C9H11N3O3. The minimum atomic E-state index is -1.22. The quantitative estimate of drug-likeness (QED) is 0.692. The molecule has 0 saturated carbocycles. The number of rotatable bonds is 1. The van der Waals surface area contributed by atoms with Crippen LogP contribution in [0.1, 0.15) is 16.8 Å². The first-order valence-electron chi connectivity index (χ1n) is 4.65. The zero-order valence-corrected chi connectivity index (χ0v) is 8.30. The van der Waals surface area contributed by atoms with Crippen molar-refractivity contribution in [1.29, 1.82) is 0 Å². The maximum Gasteiger partial charge on any atom is 0.345 e. The number of carboxylic acids is 1. The molecule has 0 unspecified atom stereocenters. The third-order valence-corrected chi connectivity index (χ3v) is 2.49. The fourth-order valence-electron chi connectivity index (χ4n) is 1.83. The molecule has 0 aromatic carbocycles. The van der Waals surface area contributed by atoms with Crippen LogP contribution in [0.5, 0.6) is 0 Å². The van der Waals surface area contributed by atoms with Crippen LogP contribution in [0.15, 0.2) is 11.1 Å². The van der Waals surface area contributed by atoms with Crippen molar-refractivity contribution in [3.8, 4) is 0 Å². The number of anilines is 1. The Kier molecular flexibility index (Phi) is 2.18. The lowest BCUT2D eigenvalue weighted by Crippen LogP contribution is -2.35. The first kappa shape index (κ1) is 9.70. The van der Waals surface area contributed by atoms with Crippen LogP contribution < -0.4 is 10.5 Å². The molecule has 1 aromatic heterocycles. The van der Waals surface area contributed by atoms with Crippen molar-refractivity contribution in [3.63, 3.8) is 0 Å². The van der Waals surface area contributed by atoms with E-state index in [1.54, 1.807) is 16.5 Å². The Morgan fingerprint density at radius 2 is 2.27 bits per heavy atom. The number of hydrogen-bond donors (Lipinski definition) is 1. The van der Waals surface area contributed by atoms with Crippen LogP contribution in [0.4, 0.5) is 5.82 Å². The van der Waals surface area contributed by atoms with Crippen molar-refractivity contribution in [2.75, 3.05) is 18.5 Å². The first-order chi connectivity index (χ1) is 7.11. The average Bonchev–Trinajstić information content (AvgIpc) is 2.18. The Hall–Kier alpha value is -1.85. The Morgan fingerprint density at radius 3 is 2.93 bits per heavy atom. The number of hydrogen-bond acceptors (Lipinski definition) is 4. The van der Waals surface area contributed by atoms with Crippen LogP contribution in [0.3, 0.4) is 0 Å². The molecule has 0 amide bonds. The minimum Gasteiger partial charge on any atom is -0.477 e. The van der Waals surface area contributed by atoms with Crippen LogP contribution >= 0.6 is 0 Å². The van der Waals surface area contributed by atoms with Gasteiger partial charge in [0, 0.05) is 20.1 Å². The number of aryl methyl sites for hydroxylation is 1. The summed E-state index contributed by atoms with van der Waals surface area (Å²) in [6, 6.07) is 0. The Labute approximate surface area is 85.8 Å². The second kappa shape index (κ2) is 3.38. The van der Waals surface area contributed by atoms with Gasteiger partial charge in [-0.15, -0.1) is 0 Å². The van der Waals surface area contributed by atoms with E-state index in [-0.39, 0.29) is 5.56 Å². The van der Waals surface area contributed by atoms with Gasteiger partial charge in [-0.25, -0.2) is 4.79 Å². The molecule has 0 spiro atoms. The molecule has 0 aliphatic carbocycles. The Bertz CT molecular complexity index is 466. The van der Waals surface area contributed by atoms with E-state index in [9.17, 15) is 9.59 Å². The summed E-state index contributed by atoms with van der Waals surface area (Å²) in [6.07, 6.45) is 2.33. The number of aromatic nitrogens is 2. The van der Waals surface area contributed by atoms with Crippen LogP contribution in [-0.4, -0.2) is 34.2 Å². The van der Waals surface area contributed by atoms with Gasteiger partial charge >= 0.3 is 5.97 Å². The molecule has 0 atom stereocenters. The summed E-state index contributed by atoms with van der Waals surface area (Å²) in [5, 5.41) is 8.96. The maximum atomic E-state index is 11.3. The number of fused-ring (bicyclic) bond motifs is 1. The van der Waals surface area contributed by atoms with Crippen molar-refractivity contribution >= 4 is 11.8 Å². The molecule has 80 valence electrons. The topological polar surface area (TPSA) is 75.4 Å². The molecule has 0 saturated heterocycles. The highest BCUT2D eigenvalue weighted by Gasteiger charge is 2.23. The summed E-state index contributed by atoms with van der Waals surface area (Å²) < 4.78 is 1.70. The van der Waals surface area contributed by atoms with E-state index in [0.29, 0.717) is 12.4 Å². The van der Waals surface area contributed by atoms with Gasteiger partial charge in [-0.05, 0) is 6.42 Å². The molecule has 6 nitrogen and oxygen atoms in total. The number of aromatic carboxylic acids is 1. The van der Waals surface area contributed by atoms with E-state index < -0.39 is 11.5 Å². The first-order valence-corrected chi connectivity index (χ1v) is 4.65. The zero-order valence-electron chi connectivity index (χ0n) is 8.30. The van der Waals surface area contributed by atoms with Gasteiger partial charge in [0.2, 0.25) is 0 Å². The molecule has 0 radical (unpaired) electrons. The smallest absolute Gasteiger partial charge is 0.345 e. The van der Waals surface area contributed by atoms with E-state index in [1.807, 2.05) is 0 Å². The van der Waals surface area contributed by atoms with Gasteiger partial charge in [0.15, 0.2) is 5.56 Å². The fraction of sp³-hybridized carbons (Fsp3) is 0.444. The summed E-state index contributed by atoms with van der Waals surface area (Å²) in [7, 11) is 1.77. The molecule has 1 aliphatic heterocycles. The monoisotopic (exact) mass is 209 g/mol. The van der Waals surface area contributed by atoms with Crippen LogP contribution in [0.2, 0.25) is 0 Å². The highest BCUT2D eigenvalue weighted by molar-refractivity contribution is 5.93. The molecule has 2 rings (SSSR count). The Balaban J connectivity index is 2.72. The lowest BCUT2D eigenvalue weighted by atomic mass is 10.2. The van der Waals surface area contributed by atoms with Gasteiger partial charge in [0.25, 0.3) is 5.56 Å². The largest absolute Gasteiger partial charge is 0.477 e.